The molecule has 0 aliphatic carbocycles. The van der Waals surface area contributed by atoms with Gasteiger partial charge >= 0.3 is 6.18 Å². The van der Waals surface area contributed by atoms with Crippen LogP contribution in [0.3, 0.4) is 0 Å². The monoisotopic (exact) mass is 534 g/mol. The Kier molecular flexibility index (Phi) is 7.87. The average molecular weight is 535 g/mol. The smallest absolute Gasteiger partial charge is 0.324 e. The van der Waals surface area contributed by atoms with E-state index in [1.807, 2.05) is 0 Å². The Labute approximate surface area is 203 Å². The molecule has 0 aliphatic rings. The molecule has 0 unspecified atom stereocenters. The van der Waals surface area contributed by atoms with E-state index in [-0.39, 0.29) is 21.5 Å². The Morgan fingerprint density at radius 3 is 2.09 bits per heavy atom. The molecule has 0 atom stereocenters. The summed E-state index contributed by atoms with van der Waals surface area (Å²) in [7, 11) is -4.28. The highest BCUT2D eigenvalue weighted by molar-refractivity contribution is 7.89. The van der Waals surface area contributed by atoms with Gasteiger partial charge in [-0.15, -0.1) is 0 Å². The van der Waals surface area contributed by atoms with E-state index in [2.05, 4.69) is 5.32 Å². The summed E-state index contributed by atoms with van der Waals surface area (Å²) < 4.78 is 80.5. The van der Waals surface area contributed by atoms with Crippen molar-refractivity contribution in [2.75, 3.05) is 11.9 Å². The molecule has 3 aromatic rings. The number of anilines is 1. The van der Waals surface area contributed by atoms with Gasteiger partial charge in [-0.05, 0) is 60.2 Å². The lowest BCUT2D eigenvalue weighted by Crippen LogP contribution is -2.37. The van der Waals surface area contributed by atoms with Crippen LogP contribution in [-0.2, 0) is 27.5 Å². The van der Waals surface area contributed by atoms with E-state index >= 15 is 0 Å². The largest absolute Gasteiger partial charge is 0.418 e. The average Bonchev–Trinajstić information content (AvgIpc) is 2.75. The Hall–Kier alpha value is -2.66. The zero-order valence-electron chi connectivity index (χ0n) is 17.1. The number of hydrogen-bond acceptors (Lipinski definition) is 3. The van der Waals surface area contributed by atoms with Crippen molar-refractivity contribution >= 4 is 44.8 Å². The van der Waals surface area contributed by atoms with E-state index in [9.17, 15) is 30.8 Å². The van der Waals surface area contributed by atoms with Crippen LogP contribution in [0.4, 0.5) is 23.2 Å². The van der Waals surface area contributed by atoms with Gasteiger partial charge in [0.1, 0.15) is 5.82 Å². The molecule has 0 saturated carbocycles. The van der Waals surface area contributed by atoms with Crippen molar-refractivity contribution in [3.63, 3.8) is 0 Å². The molecule has 1 N–H and O–H groups in total. The molecular formula is C22H16Cl2F4N2O3S. The lowest BCUT2D eigenvalue weighted by Gasteiger charge is -2.22. The normalized spacial score (nSPS) is 12.1. The summed E-state index contributed by atoms with van der Waals surface area (Å²) in [6, 6.07) is 12.8. The molecule has 0 aromatic heterocycles. The molecule has 0 saturated heterocycles. The van der Waals surface area contributed by atoms with Gasteiger partial charge in [0.2, 0.25) is 15.9 Å². The van der Waals surface area contributed by atoms with E-state index in [1.165, 1.54) is 36.4 Å². The predicted octanol–water partition coefficient (Wildman–Crippen LogP) is 5.98. The second-order valence-electron chi connectivity index (χ2n) is 7.09. The van der Waals surface area contributed by atoms with Crippen LogP contribution in [0.1, 0.15) is 11.1 Å². The molecule has 5 nitrogen and oxygen atoms in total. The maximum Gasteiger partial charge on any atom is 0.418 e. The molecule has 0 aliphatic heterocycles. The zero-order chi connectivity index (χ0) is 25.1. The van der Waals surface area contributed by atoms with Gasteiger partial charge in [0.25, 0.3) is 0 Å². The fourth-order valence-corrected chi connectivity index (χ4v) is 4.67. The van der Waals surface area contributed by atoms with Crippen molar-refractivity contribution in [1.29, 1.82) is 0 Å². The number of nitrogens with one attached hydrogen (secondary N) is 1. The van der Waals surface area contributed by atoms with E-state index in [4.69, 9.17) is 23.2 Å². The third-order valence-corrected chi connectivity index (χ3v) is 6.90. The fraction of sp³-hybridized carbons (Fsp3) is 0.136. The summed E-state index contributed by atoms with van der Waals surface area (Å²) in [6.45, 7) is -1.16. The van der Waals surface area contributed by atoms with Gasteiger partial charge in [-0.1, -0.05) is 35.3 Å². The highest BCUT2D eigenvalue weighted by atomic mass is 35.5. The standard InChI is InChI=1S/C22H16Cl2F4N2O3S/c23-15-3-8-18(9-4-15)34(32,33)30(12-14-1-6-17(25)7-2-14)13-21(31)29-20-10-5-16(24)11-19(20)22(26,27)28/h1-11H,12-13H2,(H,29,31). The highest BCUT2D eigenvalue weighted by Gasteiger charge is 2.35. The van der Waals surface area contributed by atoms with Crippen LogP contribution in [0.15, 0.2) is 71.6 Å². The van der Waals surface area contributed by atoms with Crippen LogP contribution in [0, 0.1) is 5.82 Å². The van der Waals surface area contributed by atoms with E-state index in [0.717, 1.165) is 28.6 Å². The molecule has 0 heterocycles. The first-order valence-electron chi connectivity index (χ1n) is 9.53. The Bertz CT molecular complexity index is 1280. The maximum atomic E-state index is 13.3. The molecule has 0 spiro atoms. The van der Waals surface area contributed by atoms with Gasteiger partial charge in [-0.25, -0.2) is 12.8 Å². The quantitative estimate of drug-likeness (QED) is 0.379. The second kappa shape index (κ2) is 10.3. The van der Waals surface area contributed by atoms with Crippen LogP contribution in [0.2, 0.25) is 10.0 Å². The van der Waals surface area contributed by atoms with Crippen molar-refractivity contribution in [3.8, 4) is 0 Å². The molecule has 34 heavy (non-hydrogen) atoms. The molecule has 0 bridgehead atoms. The minimum absolute atomic E-state index is 0.186. The first-order chi connectivity index (χ1) is 15.9. The SMILES string of the molecule is O=C(CN(Cc1ccc(F)cc1)S(=O)(=O)c1ccc(Cl)cc1)Nc1ccc(Cl)cc1C(F)(F)F. The van der Waals surface area contributed by atoms with Crippen molar-refractivity contribution in [2.24, 2.45) is 0 Å². The molecule has 3 rings (SSSR count). The summed E-state index contributed by atoms with van der Waals surface area (Å²) in [5.74, 6) is -1.57. The molecule has 12 heteroatoms. The number of nitrogens with zero attached hydrogens (tertiary/aromatic N) is 1. The topological polar surface area (TPSA) is 66.5 Å². The van der Waals surface area contributed by atoms with Crippen LogP contribution in [-0.4, -0.2) is 25.2 Å². The summed E-state index contributed by atoms with van der Waals surface area (Å²) in [5, 5.41) is 2.19. The van der Waals surface area contributed by atoms with Crippen LogP contribution >= 0.6 is 23.2 Å². The Balaban J connectivity index is 1.92. The maximum absolute atomic E-state index is 13.3. The zero-order valence-corrected chi connectivity index (χ0v) is 19.4. The summed E-state index contributed by atoms with van der Waals surface area (Å²) in [6.07, 6.45) is -4.81. The Morgan fingerprint density at radius 2 is 1.50 bits per heavy atom. The summed E-state index contributed by atoms with van der Waals surface area (Å²) in [5.41, 5.74) is -1.40. The molecule has 0 fully saturated rings. The van der Waals surface area contributed by atoms with Crippen molar-refractivity contribution in [2.45, 2.75) is 17.6 Å². The minimum Gasteiger partial charge on any atom is -0.324 e. The van der Waals surface area contributed by atoms with Gasteiger partial charge < -0.3 is 5.32 Å². The first kappa shape index (κ1) is 26.0. The number of sulfonamides is 1. The summed E-state index contributed by atoms with van der Waals surface area (Å²) >= 11 is 11.5. The van der Waals surface area contributed by atoms with E-state index < -0.39 is 45.7 Å². The number of carbonyl (C=O) groups excluding carboxylic acids is 1. The fourth-order valence-electron chi connectivity index (χ4n) is 2.98. The number of hydrogen-bond donors (Lipinski definition) is 1. The molecule has 3 aromatic carbocycles. The number of benzene rings is 3. The third-order valence-electron chi connectivity index (χ3n) is 4.60. The number of carbonyl (C=O) groups is 1. The minimum atomic E-state index is -4.81. The molecule has 0 radical (unpaired) electrons. The summed E-state index contributed by atoms with van der Waals surface area (Å²) in [4.78, 5) is 12.5. The van der Waals surface area contributed by atoms with Crippen LogP contribution in [0.25, 0.3) is 0 Å². The lowest BCUT2D eigenvalue weighted by molar-refractivity contribution is -0.137. The van der Waals surface area contributed by atoms with Crippen molar-refractivity contribution in [1.82, 2.24) is 4.31 Å². The molecule has 1 amide bonds. The van der Waals surface area contributed by atoms with Crippen LogP contribution in [0.5, 0.6) is 0 Å². The van der Waals surface area contributed by atoms with Crippen molar-refractivity contribution < 1.29 is 30.8 Å². The Morgan fingerprint density at radius 1 is 0.912 bits per heavy atom. The van der Waals surface area contributed by atoms with Crippen molar-refractivity contribution in [3.05, 3.63) is 93.7 Å². The van der Waals surface area contributed by atoms with Gasteiger partial charge in [0.05, 0.1) is 22.7 Å². The van der Waals surface area contributed by atoms with E-state index in [1.54, 1.807) is 0 Å². The predicted molar refractivity (Wildman–Crippen MR) is 121 cm³/mol. The third kappa shape index (κ3) is 6.47. The second-order valence-corrected chi connectivity index (χ2v) is 9.90. The van der Waals surface area contributed by atoms with Gasteiger partial charge in [0.15, 0.2) is 0 Å². The lowest BCUT2D eigenvalue weighted by atomic mass is 10.1. The van der Waals surface area contributed by atoms with E-state index in [0.29, 0.717) is 11.6 Å². The first-order valence-corrected chi connectivity index (χ1v) is 11.7. The number of rotatable bonds is 7. The molecule has 180 valence electrons. The number of alkyl halides is 3. The number of amides is 1. The van der Waals surface area contributed by atoms with Crippen LogP contribution < -0.4 is 5.32 Å². The van der Waals surface area contributed by atoms with Gasteiger partial charge in [-0.2, -0.15) is 17.5 Å². The van der Waals surface area contributed by atoms with Gasteiger partial charge in [0, 0.05) is 16.6 Å². The molecular weight excluding hydrogens is 519 g/mol. The number of halogens is 6. The van der Waals surface area contributed by atoms with Gasteiger partial charge in [-0.3, -0.25) is 4.79 Å². The highest BCUT2D eigenvalue weighted by Crippen LogP contribution is 2.36.